The Morgan fingerprint density at radius 1 is 1.33 bits per heavy atom. The second-order valence-electron chi connectivity index (χ2n) is 3.03. The zero-order valence-corrected chi connectivity index (χ0v) is 8.94. The summed E-state index contributed by atoms with van der Waals surface area (Å²) in [6.45, 7) is 0. The zero-order chi connectivity index (χ0) is 10.8. The van der Waals surface area contributed by atoms with E-state index in [2.05, 4.69) is 10.2 Å². The fourth-order valence-electron chi connectivity index (χ4n) is 1.29. The summed E-state index contributed by atoms with van der Waals surface area (Å²) in [5, 5.41) is 6.18. The summed E-state index contributed by atoms with van der Waals surface area (Å²) in [6.07, 6.45) is 1.99. The Hall–Kier alpha value is -1.49. The van der Waals surface area contributed by atoms with Gasteiger partial charge in [-0.15, -0.1) is 11.8 Å². The Morgan fingerprint density at radius 2 is 2.00 bits per heavy atom. The maximum absolute atomic E-state index is 13.4. The van der Waals surface area contributed by atoms with E-state index in [4.69, 9.17) is 5.73 Å². The molecule has 0 saturated carbocycles. The smallest absolute Gasteiger partial charge is 0.192 e. The second-order valence-corrected chi connectivity index (χ2v) is 3.91. The van der Waals surface area contributed by atoms with Crippen molar-refractivity contribution in [2.45, 2.75) is 4.90 Å². The second kappa shape index (κ2) is 3.94. The molecule has 3 nitrogen and oxygen atoms in total. The monoisotopic (exact) mass is 223 g/mol. The Bertz CT molecular complexity index is 464. The van der Waals surface area contributed by atoms with Crippen LogP contribution in [0, 0.1) is 5.82 Å². The molecule has 0 fully saturated rings. The first-order valence-electron chi connectivity index (χ1n) is 4.36. The quantitative estimate of drug-likeness (QED) is 0.769. The summed E-state index contributed by atoms with van der Waals surface area (Å²) in [7, 11) is 0. The molecule has 1 heterocycles. The summed E-state index contributed by atoms with van der Waals surface area (Å²) in [4.78, 5) is 1.13. The number of benzene rings is 1. The molecule has 1 aromatic carbocycles. The van der Waals surface area contributed by atoms with Gasteiger partial charge in [0.1, 0.15) is 5.69 Å². The van der Waals surface area contributed by atoms with Crippen LogP contribution >= 0.6 is 11.8 Å². The van der Waals surface area contributed by atoms with Crippen LogP contribution in [0.4, 0.5) is 10.2 Å². The first kappa shape index (κ1) is 10.0. The van der Waals surface area contributed by atoms with Gasteiger partial charge in [0.15, 0.2) is 11.6 Å². The highest BCUT2D eigenvalue weighted by molar-refractivity contribution is 7.98. The molecule has 1 aromatic heterocycles. The van der Waals surface area contributed by atoms with Gasteiger partial charge in [-0.3, -0.25) is 5.10 Å². The standard InChI is InChI=1S/C10H10FN3S/c1-15-7-4-2-6(3-5-7)9-8(11)10(12)14-13-9/h2-5H,1H3,(H3,12,13,14). The molecule has 15 heavy (non-hydrogen) atoms. The third kappa shape index (κ3) is 1.83. The van der Waals surface area contributed by atoms with E-state index in [1.807, 2.05) is 30.5 Å². The molecule has 0 bridgehead atoms. The van der Waals surface area contributed by atoms with Crippen molar-refractivity contribution in [2.24, 2.45) is 0 Å². The van der Waals surface area contributed by atoms with Crippen molar-refractivity contribution in [1.82, 2.24) is 10.2 Å². The molecule has 78 valence electrons. The van der Waals surface area contributed by atoms with Crippen LogP contribution in [0.15, 0.2) is 29.2 Å². The highest BCUT2D eigenvalue weighted by atomic mass is 32.2. The number of nitrogens with zero attached hydrogens (tertiary/aromatic N) is 1. The lowest BCUT2D eigenvalue weighted by Gasteiger charge is -1.99. The van der Waals surface area contributed by atoms with Crippen molar-refractivity contribution in [3.63, 3.8) is 0 Å². The summed E-state index contributed by atoms with van der Waals surface area (Å²) < 4.78 is 13.4. The number of nitrogens with two attached hydrogens (primary N) is 1. The maximum atomic E-state index is 13.4. The van der Waals surface area contributed by atoms with Crippen LogP contribution in [0.2, 0.25) is 0 Å². The number of rotatable bonds is 2. The van der Waals surface area contributed by atoms with Gasteiger partial charge in [0.05, 0.1) is 0 Å². The third-order valence-corrected chi connectivity index (χ3v) is 2.85. The fourth-order valence-corrected chi connectivity index (χ4v) is 1.70. The number of aromatic nitrogens is 2. The largest absolute Gasteiger partial charge is 0.380 e. The molecule has 3 N–H and O–H groups in total. The lowest BCUT2D eigenvalue weighted by atomic mass is 10.1. The zero-order valence-electron chi connectivity index (χ0n) is 8.12. The highest BCUT2D eigenvalue weighted by Crippen LogP contribution is 2.25. The van der Waals surface area contributed by atoms with E-state index in [-0.39, 0.29) is 5.82 Å². The SMILES string of the molecule is CSc1ccc(-c2[nH]nc(N)c2F)cc1. The summed E-state index contributed by atoms with van der Waals surface area (Å²) in [5.74, 6) is -0.592. The number of hydrogen-bond donors (Lipinski definition) is 2. The number of nitrogens with one attached hydrogen (secondary N) is 1. The van der Waals surface area contributed by atoms with E-state index in [9.17, 15) is 4.39 Å². The van der Waals surface area contributed by atoms with Crippen LogP contribution in [-0.2, 0) is 0 Å². The van der Waals surface area contributed by atoms with Crippen LogP contribution in [0.1, 0.15) is 0 Å². The molecular weight excluding hydrogens is 213 g/mol. The fraction of sp³-hybridized carbons (Fsp3) is 0.100. The van der Waals surface area contributed by atoms with Gasteiger partial charge in [-0.1, -0.05) is 12.1 Å². The van der Waals surface area contributed by atoms with Gasteiger partial charge >= 0.3 is 0 Å². The maximum Gasteiger partial charge on any atom is 0.192 e. The molecule has 0 radical (unpaired) electrons. The van der Waals surface area contributed by atoms with Gasteiger partial charge < -0.3 is 5.73 Å². The molecule has 5 heteroatoms. The minimum Gasteiger partial charge on any atom is -0.380 e. The van der Waals surface area contributed by atoms with Crippen molar-refractivity contribution in [3.05, 3.63) is 30.1 Å². The molecule has 0 unspecified atom stereocenters. The summed E-state index contributed by atoms with van der Waals surface area (Å²) in [5.41, 5.74) is 6.39. The van der Waals surface area contributed by atoms with Gasteiger partial charge in [0.2, 0.25) is 0 Å². The molecule has 0 atom stereocenters. The first-order chi connectivity index (χ1) is 7.22. The number of anilines is 1. The van der Waals surface area contributed by atoms with E-state index in [1.165, 1.54) is 0 Å². The van der Waals surface area contributed by atoms with Gasteiger partial charge in [0.25, 0.3) is 0 Å². The van der Waals surface area contributed by atoms with Crippen molar-refractivity contribution in [3.8, 4) is 11.3 Å². The predicted molar refractivity (Wildman–Crippen MR) is 60.2 cm³/mol. The van der Waals surface area contributed by atoms with Gasteiger partial charge in [-0.25, -0.2) is 4.39 Å². The number of halogens is 1. The van der Waals surface area contributed by atoms with E-state index < -0.39 is 5.82 Å². The van der Waals surface area contributed by atoms with Gasteiger partial charge in [0, 0.05) is 10.5 Å². The Kier molecular flexibility index (Phi) is 2.64. The number of thioether (sulfide) groups is 1. The van der Waals surface area contributed by atoms with Crippen LogP contribution in [-0.4, -0.2) is 16.5 Å². The van der Waals surface area contributed by atoms with Crippen LogP contribution in [0.5, 0.6) is 0 Å². The molecule has 2 rings (SSSR count). The first-order valence-corrected chi connectivity index (χ1v) is 5.58. The van der Waals surface area contributed by atoms with Crippen LogP contribution in [0.25, 0.3) is 11.3 Å². The minimum atomic E-state index is -0.494. The van der Waals surface area contributed by atoms with Crippen molar-refractivity contribution in [1.29, 1.82) is 0 Å². The normalized spacial score (nSPS) is 10.5. The van der Waals surface area contributed by atoms with Crippen LogP contribution in [0.3, 0.4) is 0 Å². The number of hydrogen-bond acceptors (Lipinski definition) is 3. The Balaban J connectivity index is 2.41. The van der Waals surface area contributed by atoms with E-state index in [0.29, 0.717) is 5.69 Å². The van der Waals surface area contributed by atoms with E-state index in [0.717, 1.165) is 10.5 Å². The van der Waals surface area contributed by atoms with Crippen molar-refractivity contribution in [2.75, 3.05) is 12.0 Å². The number of aromatic amines is 1. The Labute approximate surface area is 90.9 Å². The molecular formula is C10H10FN3S. The average molecular weight is 223 g/mol. The highest BCUT2D eigenvalue weighted by Gasteiger charge is 2.11. The third-order valence-electron chi connectivity index (χ3n) is 2.11. The average Bonchev–Trinajstić information content (AvgIpc) is 2.60. The lowest BCUT2D eigenvalue weighted by Crippen LogP contribution is -1.87. The van der Waals surface area contributed by atoms with E-state index >= 15 is 0 Å². The number of nitrogen functional groups attached to an aromatic ring is 1. The van der Waals surface area contributed by atoms with Crippen molar-refractivity contribution < 1.29 is 4.39 Å². The van der Waals surface area contributed by atoms with Crippen molar-refractivity contribution >= 4 is 17.6 Å². The molecule has 0 aliphatic rings. The molecule has 0 aliphatic carbocycles. The van der Waals surface area contributed by atoms with E-state index in [1.54, 1.807) is 11.8 Å². The summed E-state index contributed by atoms with van der Waals surface area (Å²) >= 11 is 1.64. The molecule has 0 amide bonds. The molecule has 0 spiro atoms. The van der Waals surface area contributed by atoms with Gasteiger partial charge in [-0.05, 0) is 18.4 Å². The number of H-pyrrole nitrogens is 1. The topological polar surface area (TPSA) is 54.7 Å². The Morgan fingerprint density at radius 3 is 2.47 bits per heavy atom. The lowest BCUT2D eigenvalue weighted by molar-refractivity contribution is 0.636. The van der Waals surface area contributed by atoms with Gasteiger partial charge in [-0.2, -0.15) is 5.10 Å². The minimum absolute atomic E-state index is 0.0982. The van der Waals surface area contributed by atoms with Crippen LogP contribution < -0.4 is 5.73 Å². The molecule has 0 saturated heterocycles. The molecule has 0 aliphatic heterocycles. The molecule has 2 aromatic rings. The predicted octanol–water partition coefficient (Wildman–Crippen LogP) is 2.52. The summed E-state index contributed by atoms with van der Waals surface area (Å²) in [6, 6.07) is 7.52.